The highest BCUT2D eigenvalue weighted by atomic mass is 35.5. The molecule has 134 valence electrons. The molecule has 0 aliphatic carbocycles. The van der Waals surface area contributed by atoms with Gasteiger partial charge in [-0.15, -0.1) is 12.4 Å². The van der Waals surface area contributed by atoms with Gasteiger partial charge in [0, 0.05) is 32.4 Å². The zero-order chi connectivity index (χ0) is 17.2. The minimum atomic E-state index is -3.87. The zero-order valence-electron chi connectivity index (χ0n) is 13.2. The van der Waals surface area contributed by atoms with Crippen LogP contribution in [0, 0.1) is 5.82 Å². The first-order valence-electron chi connectivity index (χ1n) is 7.45. The topological polar surface area (TPSA) is 79.4 Å². The molecule has 3 rings (SSSR count). The number of halogens is 2. The van der Waals surface area contributed by atoms with Crippen molar-refractivity contribution in [2.75, 3.05) is 26.2 Å². The molecule has 1 aliphatic rings. The Morgan fingerprint density at radius 2 is 1.84 bits per heavy atom. The number of aromatic nitrogens is 1. The summed E-state index contributed by atoms with van der Waals surface area (Å²) in [5.41, 5.74) is 0.190. The van der Waals surface area contributed by atoms with Crippen molar-refractivity contribution >= 4 is 28.2 Å². The highest BCUT2D eigenvalue weighted by molar-refractivity contribution is 7.91. The molecule has 0 saturated carbocycles. The Hall–Kier alpha value is -2.03. The lowest BCUT2D eigenvalue weighted by Crippen LogP contribution is -2.46. The first-order chi connectivity index (χ1) is 11.5. The van der Waals surface area contributed by atoms with E-state index in [-0.39, 0.29) is 33.8 Å². The largest absolute Gasteiger partial charge is 0.335 e. The van der Waals surface area contributed by atoms with Crippen molar-refractivity contribution in [2.24, 2.45) is 0 Å². The number of carbonyl (C=O) groups is 1. The Morgan fingerprint density at radius 3 is 2.44 bits per heavy atom. The van der Waals surface area contributed by atoms with E-state index >= 15 is 0 Å². The molecule has 0 radical (unpaired) electrons. The Morgan fingerprint density at radius 1 is 1.12 bits per heavy atom. The predicted molar refractivity (Wildman–Crippen MR) is 92.1 cm³/mol. The van der Waals surface area contributed by atoms with Crippen LogP contribution in [-0.4, -0.2) is 50.4 Å². The summed E-state index contributed by atoms with van der Waals surface area (Å²) >= 11 is 0. The fourth-order valence-electron chi connectivity index (χ4n) is 2.47. The van der Waals surface area contributed by atoms with Gasteiger partial charge in [-0.1, -0.05) is 6.07 Å². The number of carbonyl (C=O) groups excluding carboxylic acids is 1. The van der Waals surface area contributed by atoms with Gasteiger partial charge in [0.2, 0.25) is 9.84 Å². The summed E-state index contributed by atoms with van der Waals surface area (Å²) in [4.78, 5) is 17.7. The van der Waals surface area contributed by atoms with E-state index in [1.807, 2.05) is 0 Å². The van der Waals surface area contributed by atoms with Gasteiger partial charge in [-0.05, 0) is 30.3 Å². The fraction of sp³-hybridized carbons (Fsp3) is 0.250. The predicted octanol–water partition coefficient (Wildman–Crippen LogP) is 1.52. The molecule has 0 bridgehead atoms. The number of pyridine rings is 1. The number of amides is 1. The highest BCUT2D eigenvalue weighted by Crippen LogP contribution is 2.21. The molecule has 9 heteroatoms. The van der Waals surface area contributed by atoms with Crippen LogP contribution in [0.25, 0.3) is 0 Å². The minimum absolute atomic E-state index is 0. The van der Waals surface area contributed by atoms with E-state index in [1.54, 1.807) is 4.90 Å². The molecule has 25 heavy (non-hydrogen) atoms. The quantitative estimate of drug-likeness (QED) is 0.866. The number of nitrogens with zero attached hydrogens (tertiary/aromatic N) is 2. The molecule has 2 heterocycles. The highest BCUT2D eigenvalue weighted by Gasteiger charge is 2.22. The summed E-state index contributed by atoms with van der Waals surface area (Å²) in [5.74, 6) is -0.860. The van der Waals surface area contributed by atoms with E-state index in [0.29, 0.717) is 13.1 Å². The fourth-order valence-corrected chi connectivity index (χ4v) is 3.70. The van der Waals surface area contributed by atoms with Gasteiger partial charge >= 0.3 is 0 Å². The molecular weight excluding hydrogens is 369 g/mol. The van der Waals surface area contributed by atoms with Crippen LogP contribution >= 0.6 is 12.4 Å². The van der Waals surface area contributed by atoms with Gasteiger partial charge in [-0.3, -0.25) is 4.79 Å². The molecule has 0 unspecified atom stereocenters. The Bertz CT molecular complexity index is 853. The van der Waals surface area contributed by atoms with Crippen LogP contribution in [0.5, 0.6) is 0 Å². The maximum atomic E-state index is 13.3. The first-order valence-corrected chi connectivity index (χ1v) is 8.93. The van der Waals surface area contributed by atoms with E-state index in [1.165, 1.54) is 30.3 Å². The number of benzene rings is 1. The van der Waals surface area contributed by atoms with Gasteiger partial charge in [0.15, 0.2) is 0 Å². The van der Waals surface area contributed by atoms with Crippen LogP contribution in [-0.2, 0) is 9.84 Å². The number of hydrogen-bond acceptors (Lipinski definition) is 5. The average Bonchev–Trinajstić information content (AvgIpc) is 2.62. The summed E-state index contributed by atoms with van der Waals surface area (Å²) in [6.45, 7) is 2.61. The van der Waals surface area contributed by atoms with Crippen molar-refractivity contribution < 1.29 is 17.6 Å². The van der Waals surface area contributed by atoms with E-state index < -0.39 is 15.7 Å². The third-order valence-electron chi connectivity index (χ3n) is 3.78. The van der Waals surface area contributed by atoms with E-state index in [0.717, 1.165) is 25.4 Å². The number of rotatable bonds is 3. The molecule has 1 aromatic heterocycles. The first kappa shape index (κ1) is 19.3. The Labute approximate surface area is 151 Å². The second kappa shape index (κ2) is 7.90. The lowest BCUT2D eigenvalue weighted by molar-refractivity contribution is 0.0729. The second-order valence-corrected chi connectivity index (χ2v) is 7.33. The molecule has 0 spiro atoms. The molecule has 1 aromatic carbocycles. The third-order valence-corrected chi connectivity index (χ3v) is 5.51. The Kier molecular flexibility index (Phi) is 6.10. The van der Waals surface area contributed by atoms with Gasteiger partial charge < -0.3 is 10.2 Å². The zero-order valence-corrected chi connectivity index (χ0v) is 14.8. The monoisotopic (exact) mass is 385 g/mol. The number of nitrogens with one attached hydrogen (secondary N) is 1. The summed E-state index contributed by atoms with van der Waals surface area (Å²) in [5, 5.41) is 3.15. The van der Waals surface area contributed by atoms with Crippen molar-refractivity contribution in [3.63, 3.8) is 0 Å². The average molecular weight is 386 g/mol. The van der Waals surface area contributed by atoms with Crippen molar-refractivity contribution in [1.29, 1.82) is 0 Å². The minimum Gasteiger partial charge on any atom is -0.335 e. The number of sulfone groups is 1. The molecule has 0 atom stereocenters. The maximum Gasteiger partial charge on any atom is 0.272 e. The van der Waals surface area contributed by atoms with Crippen LogP contribution in [0.4, 0.5) is 4.39 Å². The van der Waals surface area contributed by atoms with Gasteiger partial charge in [-0.25, -0.2) is 17.8 Å². The molecule has 1 fully saturated rings. The van der Waals surface area contributed by atoms with Gasteiger partial charge in [-0.2, -0.15) is 0 Å². The van der Waals surface area contributed by atoms with E-state index in [9.17, 15) is 17.6 Å². The summed E-state index contributed by atoms with van der Waals surface area (Å²) < 4.78 is 38.2. The molecule has 6 nitrogen and oxygen atoms in total. The molecule has 2 aromatic rings. The SMILES string of the molecule is Cl.O=C(c1ccc(S(=O)(=O)c2cccc(F)c2)cn1)N1CCNCC1. The molecular formula is C16H17ClFN3O3S. The van der Waals surface area contributed by atoms with Crippen LogP contribution in [0.15, 0.2) is 52.4 Å². The maximum absolute atomic E-state index is 13.3. The summed E-state index contributed by atoms with van der Waals surface area (Å²) in [6, 6.07) is 7.48. The summed E-state index contributed by atoms with van der Waals surface area (Å²) in [6.07, 6.45) is 1.13. The lowest BCUT2D eigenvalue weighted by Gasteiger charge is -2.27. The van der Waals surface area contributed by atoms with Crippen LogP contribution in [0.1, 0.15) is 10.5 Å². The number of piperazine rings is 1. The van der Waals surface area contributed by atoms with Gasteiger partial charge in [0.25, 0.3) is 5.91 Å². The van der Waals surface area contributed by atoms with Crippen molar-refractivity contribution in [2.45, 2.75) is 9.79 Å². The normalized spacial score (nSPS) is 14.7. The van der Waals surface area contributed by atoms with Crippen LogP contribution < -0.4 is 5.32 Å². The molecule has 1 amide bonds. The van der Waals surface area contributed by atoms with Crippen molar-refractivity contribution in [1.82, 2.24) is 15.2 Å². The van der Waals surface area contributed by atoms with E-state index in [4.69, 9.17) is 0 Å². The molecule has 1 saturated heterocycles. The van der Waals surface area contributed by atoms with Crippen LogP contribution in [0.3, 0.4) is 0 Å². The molecule has 1 N–H and O–H groups in total. The Balaban J connectivity index is 0.00000225. The van der Waals surface area contributed by atoms with Gasteiger partial charge in [0.05, 0.1) is 9.79 Å². The van der Waals surface area contributed by atoms with E-state index in [2.05, 4.69) is 10.3 Å². The number of hydrogen-bond donors (Lipinski definition) is 1. The third kappa shape index (κ3) is 4.15. The standard InChI is InChI=1S/C16H16FN3O3S.ClH/c17-12-2-1-3-13(10-12)24(22,23)14-4-5-15(19-11-14)16(21)20-8-6-18-7-9-20;/h1-5,10-11,18H,6-9H2;1H. The van der Waals surface area contributed by atoms with Crippen LogP contribution in [0.2, 0.25) is 0 Å². The van der Waals surface area contributed by atoms with Crippen molar-refractivity contribution in [3.8, 4) is 0 Å². The van der Waals surface area contributed by atoms with Gasteiger partial charge in [0.1, 0.15) is 11.5 Å². The van der Waals surface area contributed by atoms with Crippen molar-refractivity contribution in [3.05, 3.63) is 54.1 Å². The smallest absolute Gasteiger partial charge is 0.272 e. The summed E-state index contributed by atoms with van der Waals surface area (Å²) in [7, 11) is -3.87. The second-order valence-electron chi connectivity index (χ2n) is 5.38. The lowest BCUT2D eigenvalue weighted by atomic mass is 10.3. The molecule has 1 aliphatic heterocycles.